The lowest BCUT2D eigenvalue weighted by molar-refractivity contribution is -0.133. The Morgan fingerprint density at radius 1 is 1.36 bits per heavy atom. The van der Waals surface area contributed by atoms with Gasteiger partial charge in [-0.3, -0.25) is 9.20 Å². The Morgan fingerprint density at radius 3 is 2.86 bits per heavy atom. The molecule has 1 fully saturated rings. The number of aromatic nitrogens is 3. The van der Waals surface area contributed by atoms with Crippen LogP contribution in [-0.2, 0) is 4.79 Å². The molecule has 2 aromatic rings. The third-order valence-electron chi connectivity index (χ3n) is 3.83. The number of nitrogens with two attached hydrogens (primary N) is 1. The molecule has 3 heterocycles. The number of likely N-dealkylation sites (tertiary alicyclic amines) is 1. The van der Waals surface area contributed by atoms with Crippen LogP contribution in [0.5, 0.6) is 0 Å². The highest BCUT2D eigenvalue weighted by Gasteiger charge is 2.28. The van der Waals surface area contributed by atoms with Gasteiger partial charge in [0, 0.05) is 25.2 Å². The van der Waals surface area contributed by atoms with Gasteiger partial charge in [0.2, 0.25) is 5.91 Å². The van der Waals surface area contributed by atoms with Crippen LogP contribution in [-0.4, -0.2) is 44.5 Å². The van der Waals surface area contributed by atoms with Crippen molar-refractivity contribution in [2.24, 2.45) is 5.73 Å². The fourth-order valence-corrected chi connectivity index (χ4v) is 2.81. The summed E-state index contributed by atoms with van der Waals surface area (Å²) in [5.41, 5.74) is 6.54. The average Bonchev–Trinajstić information content (AvgIpc) is 2.90. The van der Waals surface area contributed by atoms with E-state index in [-0.39, 0.29) is 36.6 Å². The van der Waals surface area contributed by atoms with Crippen LogP contribution in [0.15, 0.2) is 24.4 Å². The molecule has 22 heavy (non-hydrogen) atoms. The molecule has 0 aromatic carbocycles. The number of carbonyl (C=O) groups is 1. The number of rotatable bonds is 2. The fourth-order valence-electron chi connectivity index (χ4n) is 2.81. The van der Waals surface area contributed by atoms with Crippen molar-refractivity contribution in [3.8, 4) is 0 Å². The largest absolute Gasteiger partial charge is 0.341 e. The van der Waals surface area contributed by atoms with Crippen molar-refractivity contribution in [2.75, 3.05) is 13.1 Å². The van der Waals surface area contributed by atoms with E-state index < -0.39 is 6.04 Å². The maximum atomic E-state index is 12.0. The van der Waals surface area contributed by atoms with Crippen molar-refractivity contribution in [3.05, 3.63) is 30.2 Å². The van der Waals surface area contributed by atoms with Crippen molar-refractivity contribution in [1.82, 2.24) is 19.5 Å². The minimum Gasteiger partial charge on any atom is -0.341 e. The van der Waals surface area contributed by atoms with Gasteiger partial charge >= 0.3 is 0 Å². The minimum absolute atomic E-state index is 0. The lowest BCUT2D eigenvalue weighted by Crippen LogP contribution is -2.46. The number of nitrogens with zero attached hydrogens (tertiary/aromatic N) is 4. The van der Waals surface area contributed by atoms with E-state index in [0.29, 0.717) is 6.54 Å². The van der Waals surface area contributed by atoms with Gasteiger partial charge in [-0.05, 0) is 31.9 Å². The Morgan fingerprint density at radius 2 is 2.14 bits per heavy atom. The summed E-state index contributed by atoms with van der Waals surface area (Å²) >= 11 is 0. The Balaban J connectivity index is 0.00000121. The van der Waals surface area contributed by atoms with Crippen LogP contribution in [0.25, 0.3) is 5.65 Å². The van der Waals surface area contributed by atoms with Gasteiger partial charge in [0.15, 0.2) is 5.65 Å². The third-order valence-corrected chi connectivity index (χ3v) is 3.83. The number of amides is 1. The van der Waals surface area contributed by atoms with E-state index in [9.17, 15) is 4.79 Å². The van der Waals surface area contributed by atoms with E-state index in [0.717, 1.165) is 30.9 Å². The fraction of sp³-hybridized carbons (Fsp3) is 0.500. The first-order valence-corrected chi connectivity index (χ1v) is 7.01. The van der Waals surface area contributed by atoms with E-state index in [1.807, 2.05) is 33.7 Å². The molecule has 0 bridgehead atoms. The normalized spacial score (nSPS) is 19.2. The lowest BCUT2D eigenvalue weighted by Gasteiger charge is -2.33. The first-order chi connectivity index (χ1) is 9.66. The van der Waals surface area contributed by atoms with Crippen LogP contribution in [0.1, 0.15) is 31.5 Å². The van der Waals surface area contributed by atoms with Gasteiger partial charge in [-0.25, -0.2) is 0 Å². The summed E-state index contributed by atoms with van der Waals surface area (Å²) in [5, 5.41) is 8.49. The number of hydrogen-bond acceptors (Lipinski definition) is 4. The molecule has 1 aliphatic rings. The summed E-state index contributed by atoms with van der Waals surface area (Å²) in [6, 6.07) is 5.40. The molecule has 3 rings (SSSR count). The second kappa shape index (κ2) is 7.76. The highest BCUT2D eigenvalue weighted by atomic mass is 35.5. The highest BCUT2D eigenvalue weighted by Crippen LogP contribution is 2.26. The zero-order valence-electron chi connectivity index (χ0n) is 12.4. The molecular formula is C14H21Cl2N5O. The highest BCUT2D eigenvalue weighted by molar-refractivity contribution is 5.85. The van der Waals surface area contributed by atoms with Gasteiger partial charge in [-0.15, -0.1) is 35.0 Å². The van der Waals surface area contributed by atoms with Crippen molar-refractivity contribution in [3.63, 3.8) is 0 Å². The first kappa shape index (κ1) is 18.7. The van der Waals surface area contributed by atoms with Crippen LogP contribution >= 0.6 is 24.8 Å². The molecule has 1 saturated heterocycles. The van der Waals surface area contributed by atoms with Gasteiger partial charge in [0.25, 0.3) is 0 Å². The smallest absolute Gasteiger partial charge is 0.239 e. The van der Waals surface area contributed by atoms with Crippen molar-refractivity contribution >= 4 is 36.4 Å². The number of pyridine rings is 1. The number of fused-ring (bicyclic) bond motifs is 1. The van der Waals surface area contributed by atoms with Crippen molar-refractivity contribution in [1.29, 1.82) is 0 Å². The molecule has 8 heteroatoms. The van der Waals surface area contributed by atoms with Crippen LogP contribution in [0.3, 0.4) is 0 Å². The Hall–Kier alpha value is -1.37. The van der Waals surface area contributed by atoms with E-state index in [4.69, 9.17) is 5.73 Å². The summed E-state index contributed by atoms with van der Waals surface area (Å²) in [6.45, 7) is 3.20. The molecule has 1 amide bonds. The number of halogens is 2. The predicted molar refractivity (Wildman–Crippen MR) is 89.7 cm³/mol. The molecular weight excluding hydrogens is 325 g/mol. The molecule has 2 atom stereocenters. The van der Waals surface area contributed by atoms with Gasteiger partial charge < -0.3 is 10.6 Å². The summed E-state index contributed by atoms with van der Waals surface area (Å²) in [4.78, 5) is 13.9. The van der Waals surface area contributed by atoms with Crippen molar-refractivity contribution in [2.45, 2.75) is 31.7 Å². The zero-order valence-corrected chi connectivity index (χ0v) is 14.0. The molecule has 0 aliphatic carbocycles. The molecule has 0 spiro atoms. The van der Waals surface area contributed by atoms with Crippen LogP contribution < -0.4 is 5.73 Å². The molecule has 0 radical (unpaired) electrons. The van der Waals surface area contributed by atoms with Crippen LogP contribution in [0.4, 0.5) is 0 Å². The standard InChI is InChI=1S/C14H19N5O.2ClH/c1-10(15)14(20)18-7-4-5-11(9-18)13-17-16-12-6-2-3-8-19(12)13;;/h2-3,6,8,10-11H,4-5,7,9,15H2,1H3;2*1H/t10-,11?;;/m1../s1. The van der Waals surface area contributed by atoms with Gasteiger partial charge in [-0.2, -0.15) is 0 Å². The number of piperidine rings is 1. The maximum absolute atomic E-state index is 12.0. The Labute approximate surface area is 141 Å². The number of carbonyl (C=O) groups excluding carboxylic acids is 1. The summed E-state index contributed by atoms with van der Waals surface area (Å²) in [6.07, 6.45) is 3.97. The molecule has 0 saturated carbocycles. The van der Waals surface area contributed by atoms with Crippen LogP contribution in [0, 0.1) is 0 Å². The maximum Gasteiger partial charge on any atom is 0.239 e. The molecule has 1 unspecified atom stereocenters. The predicted octanol–water partition coefficient (Wildman–Crippen LogP) is 1.63. The molecule has 1 aliphatic heterocycles. The first-order valence-electron chi connectivity index (χ1n) is 7.01. The third kappa shape index (κ3) is 3.51. The van der Waals surface area contributed by atoms with Crippen LogP contribution in [0.2, 0.25) is 0 Å². The Bertz CT molecular complexity index is 630. The Kier molecular flexibility index (Phi) is 6.59. The molecule has 122 valence electrons. The lowest BCUT2D eigenvalue weighted by atomic mass is 9.96. The van der Waals surface area contributed by atoms with Crippen molar-refractivity contribution < 1.29 is 4.79 Å². The topological polar surface area (TPSA) is 76.5 Å². The molecule has 2 N–H and O–H groups in total. The van der Waals surface area contributed by atoms with Gasteiger partial charge in [-0.1, -0.05) is 6.07 Å². The van der Waals surface area contributed by atoms with Gasteiger partial charge in [0.05, 0.1) is 6.04 Å². The van der Waals surface area contributed by atoms with E-state index in [2.05, 4.69) is 10.2 Å². The summed E-state index contributed by atoms with van der Waals surface area (Å²) < 4.78 is 2.00. The SMILES string of the molecule is C[C@@H](N)C(=O)N1CCCC(c2nnc3ccccn23)C1.Cl.Cl. The zero-order chi connectivity index (χ0) is 14.1. The van der Waals surface area contributed by atoms with E-state index >= 15 is 0 Å². The summed E-state index contributed by atoms with van der Waals surface area (Å²) in [5.74, 6) is 1.18. The minimum atomic E-state index is -0.441. The number of hydrogen-bond donors (Lipinski definition) is 1. The van der Waals surface area contributed by atoms with E-state index in [1.165, 1.54) is 0 Å². The van der Waals surface area contributed by atoms with E-state index in [1.54, 1.807) is 6.92 Å². The molecule has 6 nitrogen and oxygen atoms in total. The average molecular weight is 346 g/mol. The monoisotopic (exact) mass is 345 g/mol. The second-order valence-corrected chi connectivity index (χ2v) is 5.40. The second-order valence-electron chi connectivity index (χ2n) is 5.40. The summed E-state index contributed by atoms with van der Waals surface area (Å²) in [7, 11) is 0. The molecule has 2 aromatic heterocycles. The quantitative estimate of drug-likeness (QED) is 0.897. The van der Waals surface area contributed by atoms with Gasteiger partial charge in [0.1, 0.15) is 5.82 Å².